The van der Waals surface area contributed by atoms with E-state index < -0.39 is 10.0 Å². The normalized spacial score (nSPS) is 11.8. The molecule has 2 rings (SSSR count). The van der Waals surface area contributed by atoms with Gasteiger partial charge in [0.15, 0.2) is 0 Å². The molecule has 2 aromatic rings. The Balaban J connectivity index is 2.19. The van der Waals surface area contributed by atoms with Crippen molar-refractivity contribution in [3.8, 4) is 0 Å². The van der Waals surface area contributed by atoms with Crippen molar-refractivity contribution in [1.82, 2.24) is 14.5 Å². The first-order chi connectivity index (χ1) is 9.83. The van der Waals surface area contributed by atoms with Gasteiger partial charge in [0.25, 0.3) is 0 Å². The fraction of sp³-hybridized carbons (Fsp3) is 0.308. The van der Waals surface area contributed by atoms with E-state index in [2.05, 4.69) is 25.8 Å². The van der Waals surface area contributed by atoms with Crippen LogP contribution in [0.1, 0.15) is 18.2 Å². The second-order valence-electron chi connectivity index (χ2n) is 4.64. The molecule has 0 aliphatic carbocycles. The minimum Gasteiger partial charge on any atom is -0.398 e. The molecule has 0 amide bonds. The van der Waals surface area contributed by atoms with Gasteiger partial charge in [0.1, 0.15) is 0 Å². The molecule has 0 unspecified atom stereocenters. The van der Waals surface area contributed by atoms with Crippen molar-refractivity contribution in [3.63, 3.8) is 0 Å². The molecule has 0 spiro atoms. The molecule has 21 heavy (non-hydrogen) atoms. The zero-order chi connectivity index (χ0) is 15.6. The van der Waals surface area contributed by atoms with Gasteiger partial charge in [-0.15, -0.1) is 0 Å². The molecule has 0 aliphatic heterocycles. The van der Waals surface area contributed by atoms with Crippen LogP contribution < -0.4 is 10.5 Å². The van der Waals surface area contributed by atoms with Crippen molar-refractivity contribution in [3.05, 3.63) is 40.1 Å². The van der Waals surface area contributed by atoms with Crippen molar-refractivity contribution >= 4 is 31.6 Å². The number of rotatable bonds is 5. The van der Waals surface area contributed by atoms with E-state index in [1.807, 2.05) is 20.2 Å². The van der Waals surface area contributed by atoms with Crippen LogP contribution in [-0.2, 0) is 30.0 Å². The maximum absolute atomic E-state index is 12.3. The molecular weight excluding hydrogens is 356 g/mol. The Morgan fingerprint density at radius 1 is 1.43 bits per heavy atom. The average Bonchev–Trinajstić information content (AvgIpc) is 2.80. The number of nitrogens with zero attached hydrogens (tertiary/aromatic N) is 2. The lowest BCUT2D eigenvalue weighted by Crippen LogP contribution is -2.23. The Morgan fingerprint density at radius 2 is 2.14 bits per heavy atom. The van der Waals surface area contributed by atoms with Crippen LogP contribution in [0.3, 0.4) is 0 Å². The number of nitrogens with two attached hydrogens (primary N) is 1. The molecule has 3 N–H and O–H groups in total. The monoisotopic (exact) mass is 372 g/mol. The molecule has 0 bridgehead atoms. The van der Waals surface area contributed by atoms with Crippen LogP contribution in [0.2, 0.25) is 0 Å². The second kappa shape index (κ2) is 6.17. The molecule has 1 aromatic heterocycles. The summed E-state index contributed by atoms with van der Waals surface area (Å²) in [4.78, 5) is 0.172. The summed E-state index contributed by atoms with van der Waals surface area (Å²) in [6.07, 6.45) is 2.57. The van der Waals surface area contributed by atoms with Crippen LogP contribution >= 0.6 is 15.9 Å². The van der Waals surface area contributed by atoms with Crippen LogP contribution in [-0.4, -0.2) is 18.2 Å². The van der Waals surface area contributed by atoms with Gasteiger partial charge in [0.2, 0.25) is 10.0 Å². The Hall–Kier alpha value is -1.38. The molecule has 114 valence electrons. The number of nitrogen functional groups attached to an aromatic ring is 1. The highest BCUT2D eigenvalue weighted by Crippen LogP contribution is 2.23. The Bertz CT molecular complexity index is 756. The lowest BCUT2D eigenvalue weighted by atomic mass is 10.2. The smallest absolute Gasteiger partial charge is 0.240 e. The summed E-state index contributed by atoms with van der Waals surface area (Å²) in [7, 11) is -1.77. The zero-order valence-corrected chi connectivity index (χ0v) is 14.2. The average molecular weight is 373 g/mol. The fourth-order valence-corrected chi connectivity index (χ4v) is 3.52. The first-order valence-corrected chi connectivity index (χ1v) is 8.67. The largest absolute Gasteiger partial charge is 0.398 e. The predicted molar refractivity (Wildman–Crippen MR) is 85.2 cm³/mol. The van der Waals surface area contributed by atoms with Crippen LogP contribution in [0, 0.1) is 0 Å². The SMILES string of the molecule is CCc1nn(C)cc1CNS(=O)(=O)c1ccc(N)c(Br)c1. The van der Waals surface area contributed by atoms with E-state index in [4.69, 9.17) is 5.73 Å². The minimum atomic E-state index is -3.59. The Kier molecular flexibility index (Phi) is 4.70. The lowest BCUT2D eigenvalue weighted by molar-refractivity contribution is 0.581. The molecular formula is C13H17BrN4O2S. The number of aryl methyl sites for hydroxylation is 2. The minimum absolute atomic E-state index is 0.172. The summed E-state index contributed by atoms with van der Waals surface area (Å²) >= 11 is 3.23. The van der Waals surface area contributed by atoms with E-state index in [0.717, 1.165) is 17.7 Å². The van der Waals surface area contributed by atoms with Gasteiger partial charge in [-0.2, -0.15) is 5.10 Å². The number of benzene rings is 1. The number of anilines is 1. The third-order valence-electron chi connectivity index (χ3n) is 3.06. The highest BCUT2D eigenvalue weighted by molar-refractivity contribution is 9.10. The highest BCUT2D eigenvalue weighted by atomic mass is 79.9. The quantitative estimate of drug-likeness (QED) is 0.783. The van der Waals surface area contributed by atoms with Gasteiger partial charge in [0, 0.05) is 35.5 Å². The van der Waals surface area contributed by atoms with Crippen LogP contribution in [0.15, 0.2) is 33.8 Å². The van der Waals surface area contributed by atoms with Crippen molar-refractivity contribution in [1.29, 1.82) is 0 Å². The molecule has 1 heterocycles. The highest BCUT2D eigenvalue weighted by Gasteiger charge is 2.16. The van der Waals surface area contributed by atoms with Gasteiger partial charge in [0.05, 0.1) is 10.6 Å². The van der Waals surface area contributed by atoms with Gasteiger partial charge in [-0.25, -0.2) is 13.1 Å². The van der Waals surface area contributed by atoms with E-state index in [1.165, 1.54) is 12.1 Å². The Morgan fingerprint density at radius 3 is 2.76 bits per heavy atom. The standard InChI is InChI=1S/C13H17BrN4O2S/c1-3-13-9(8-18(2)17-13)7-16-21(19,20)10-4-5-12(15)11(14)6-10/h4-6,8,16H,3,7,15H2,1-2H3. The number of sulfonamides is 1. The van der Waals surface area contributed by atoms with Crippen molar-refractivity contribution < 1.29 is 8.42 Å². The van der Waals surface area contributed by atoms with Gasteiger partial charge < -0.3 is 5.73 Å². The van der Waals surface area contributed by atoms with Crippen molar-refractivity contribution in [2.45, 2.75) is 24.8 Å². The first kappa shape index (κ1) is 16.0. The maximum atomic E-state index is 12.3. The number of aromatic nitrogens is 2. The van der Waals surface area contributed by atoms with Gasteiger partial charge >= 0.3 is 0 Å². The molecule has 0 saturated heterocycles. The molecule has 0 radical (unpaired) electrons. The topological polar surface area (TPSA) is 90.0 Å². The summed E-state index contributed by atoms with van der Waals surface area (Å²) in [5.41, 5.74) is 7.92. The van der Waals surface area contributed by atoms with E-state index >= 15 is 0 Å². The predicted octanol–water partition coefficient (Wildman–Crippen LogP) is 1.81. The summed E-state index contributed by atoms with van der Waals surface area (Å²) in [5, 5.41) is 4.29. The number of hydrogen-bond acceptors (Lipinski definition) is 4. The summed E-state index contributed by atoms with van der Waals surface area (Å²) < 4.78 is 29.4. The molecule has 1 aromatic carbocycles. The van der Waals surface area contributed by atoms with Gasteiger partial charge in [-0.05, 0) is 40.5 Å². The van der Waals surface area contributed by atoms with Crippen molar-refractivity contribution in [2.75, 3.05) is 5.73 Å². The summed E-state index contributed by atoms with van der Waals surface area (Å²) in [5.74, 6) is 0. The third-order valence-corrected chi connectivity index (χ3v) is 5.15. The van der Waals surface area contributed by atoms with Crippen LogP contribution in [0.5, 0.6) is 0 Å². The van der Waals surface area contributed by atoms with Crippen molar-refractivity contribution in [2.24, 2.45) is 7.05 Å². The Labute approximate surface area is 132 Å². The van der Waals surface area contributed by atoms with E-state index in [1.54, 1.807) is 10.7 Å². The number of nitrogens with one attached hydrogen (secondary N) is 1. The number of halogens is 1. The molecule has 0 saturated carbocycles. The lowest BCUT2D eigenvalue weighted by Gasteiger charge is -2.08. The van der Waals surface area contributed by atoms with Crippen LogP contribution in [0.25, 0.3) is 0 Å². The zero-order valence-electron chi connectivity index (χ0n) is 11.8. The first-order valence-electron chi connectivity index (χ1n) is 6.39. The fourth-order valence-electron chi connectivity index (χ4n) is 1.96. The van der Waals surface area contributed by atoms with Crippen LogP contribution in [0.4, 0.5) is 5.69 Å². The van der Waals surface area contributed by atoms with Gasteiger partial charge in [-0.3, -0.25) is 4.68 Å². The molecule has 0 aliphatic rings. The molecule has 6 nitrogen and oxygen atoms in total. The summed E-state index contributed by atoms with van der Waals surface area (Å²) in [6, 6.07) is 4.52. The summed E-state index contributed by atoms with van der Waals surface area (Å²) in [6.45, 7) is 2.19. The number of hydrogen-bond donors (Lipinski definition) is 2. The van der Waals surface area contributed by atoms with E-state index in [0.29, 0.717) is 10.2 Å². The molecule has 0 fully saturated rings. The van der Waals surface area contributed by atoms with E-state index in [9.17, 15) is 8.42 Å². The third kappa shape index (κ3) is 3.63. The second-order valence-corrected chi connectivity index (χ2v) is 7.26. The van der Waals surface area contributed by atoms with E-state index in [-0.39, 0.29) is 11.4 Å². The van der Waals surface area contributed by atoms with Gasteiger partial charge in [-0.1, -0.05) is 6.92 Å². The molecule has 0 atom stereocenters. The molecule has 8 heteroatoms. The maximum Gasteiger partial charge on any atom is 0.240 e.